The Kier molecular flexibility index (Phi) is 5.06. The van der Waals surface area contributed by atoms with E-state index in [9.17, 15) is 13.2 Å². The molecule has 0 unspecified atom stereocenters. The van der Waals surface area contributed by atoms with E-state index in [0.29, 0.717) is 23.5 Å². The lowest BCUT2D eigenvalue weighted by molar-refractivity contribution is -0.121. The van der Waals surface area contributed by atoms with Crippen LogP contribution in [0.2, 0.25) is 0 Å². The minimum atomic E-state index is -3.62. The summed E-state index contributed by atoms with van der Waals surface area (Å²) in [5.41, 5.74) is 5.98. The molecular weight excluding hydrogens is 340 g/mol. The molecule has 132 valence electrons. The van der Waals surface area contributed by atoms with Crippen molar-refractivity contribution < 1.29 is 17.9 Å². The molecule has 6 nitrogen and oxygen atoms in total. The fourth-order valence-electron chi connectivity index (χ4n) is 2.84. The van der Waals surface area contributed by atoms with E-state index in [2.05, 4.69) is 5.32 Å². The van der Waals surface area contributed by atoms with E-state index >= 15 is 0 Å². The van der Waals surface area contributed by atoms with Gasteiger partial charge in [0.25, 0.3) is 0 Å². The van der Waals surface area contributed by atoms with Gasteiger partial charge >= 0.3 is 0 Å². The van der Waals surface area contributed by atoms with E-state index in [1.807, 2.05) is 18.2 Å². The number of carbonyl (C=O) groups excluding carboxylic acids is 1. The summed E-state index contributed by atoms with van der Waals surface area (Å²) in [4.78, 5) is 12.5. The molecule has 7 heteroatoms. The smallest absolute Gasteiger partial charge is 0.243 e. The lowest BCUT2D eigenvalue weighted by Crippen LogP contribution is -2.40. The highest BCUT2D eigenvalue weighted by molar-refractivity contribution is 7.92. The molecule has 0 radical (unpaired) electrons. The van der Waals surface area contributed by atoms with Crippen LogP contribution in [0.5, 0.6) is 11.5 Å². The zero-order chi connectivity index (χ0) is 17.9. The fourth-order valence-corrected chi connectivity index (χ4v) is 4.64. The van der Waals surface area contributed by atoms with Crippen LogP contribution in [-0.4, -0.2) is 32.7 Å². The molecule has 1 amide bonds. The van der Waals surface area contributed by atoms with Crippen LogP contribution in [0.1, 0.15) is 17.2 Å². The molecule has 0 spiro atoms. The van der Waals surface area contributed by atoms with Gasteiger partial charge in [-0.1, -0.05) is 30.3 Å². The van der Waals surface area contributed by atoms with Crippen LogP contribution in [-0.2, 0) is 14.6 Å². The Labute approximate surface area is 146 Å². The van der Waals surface area contributed by atoms with Crippen LogP contribution >= 0.6 is 0 Å². The number of sulfone groups is 1. The molecule has 3 rings (SSSR count). The Bertz CT molecular complexity index is 852. The number of amides is 1. The monoisotopic (exact) mass is 360 g/mol. The second-order valence-corrected chi connectivity index (χ2v) is 8.17. The third kappa shape index (κ3) is 4.00. The fraction of sp³-hybridized carbons (Fsp3) is 0.278. The molecule has 25 heavy (non-hydrogen) atoms. The van der Waals surface area contributed by atoms with Gasteiger partial charge in [-0.05, 0) is 36.2 Å². The summed E-state index contributed by atoms with van der Waals surface area (Å²) in [6.07, 6.45) is 0.321. The van der Waals surface area contributed by atoms with Gasteiger partial charge in [0.1, 0.15) is 11.5 Å². The molecule has 2 atom stereocenters. The normalized spacial score (nSPS) is 22.7. The highest BCUT2D eigenvalue weighted by Gasteiger charge is 2.38. The third-order valence-electron chi connectivity index (χ3n) is 4.12. The molecule has 1 aliphatic heterocycles. The van der Waals surface area contributed by atoms with Gasteiger partial charge in [-0.3, -0.25) is 4.79 Å². The zero-order valence-electron chi connectivity index (χ0n) is 13.6. The molecule has 1 saturated heterocycles. The maximum absolute atomic E-state index is 12.6. The first-order valence-electron chi connectivity index (χ1n) is 8.04. The average molecular weight is 360 g/mol. The van der Waals surface area contributed by atoms with Crippen LogP contribution in [0, 0.1) is 0 Å². The van der Waals surface area contributed by atoms with Crippen LogP contribution < -0.4 is 15.8 Å². The standard InChI is InChI=1S/C18H20N2O4S/c19-12-14-9-10-25(22,23)17(18(21)20-14)13-5-4-8-16(11-13)24-15-6-2-1-3-7-15/h1-8,11,14,17H,9-10,12,19H2,(H,20,21)/t14-,17+/m0/s1. The number of hydrogen-bond acceptors (Lipinski definition) is 5. The molecule has 0 aromatic heterocycles. The molecule has 1 fully saturated rings. The van der Waals surface area contributed by atoms with Crippen LogP contribution in [0.3, 0.4) is 0 Å². The van der Waals surface area contributed by atoms with E-state index in [0.717, 1.165) is 0 Å². The summed E-state index contributed by atoms with van der Waals surface area (Å²) >= 11 is 0. The van der Waals surface area contributed by atoms with E-state index in [1.165, 1.54) is 0 Å². The Morgan fingerprint density at radius 1 is 1.08 bits per heavy atom. The lowest BCUT2D eigenvalue weighted by Gasteiger charge is -2.16. The Balaban J connectivity index is 1.92. The van der Waals surface area contributed by atoms with Gasteiger partial charge in [0, 0.05) is 12.6 Å². The second kappa shape index (κ2) is 7.25. The maximum atomic E-state index is 12.6. The molecule has 0 aliphatic carbocycles. The summed E-state index contributed by atoms with van der Waals surface area (Å²) < 4.78 is 30.9. The van der Waals surface area contributed by atoms with Gasteiger partial charge in [-0.2, -0.15) is 0 Å². The molecular formula is C18H20N2O4S. The van der Waals surface area contributed by atoms with Crippen molar-refractivity contribution in [2.24, 2.45) is 5.73 Å². The predicted octanol–water partition coefficient (Wildman–Crippen LogP) is 1.78. The highest BCUT2D eigenvalue weighted by Crippen LogP contribution is 2.30. The maximum Gasteiger partial charge on any atom is 0.243 e. The Morgan fingerprint density at radius 3 is 2.52 bits per heavy atom. The van der Waals surface area contributed by atoms with Crippen LogP contribution in [0.4, 0.5) is 0 Å². The lowest BCUT2D eigenvalue weighted by atomic mass is 10.1. The molecule has 3 N–H and O–H groups in total. The minimum Gasteiger partial charge on any atom is -0.457 e. The molecule has 1 heterocycles. The number of rotatable bonds is 4. The number of para-hydroxylation sites is 1. The van der Waals surface area contributed by atoms with E-state index in [4.69, 9.17) is 10.5 Å². The van der Waals surface area contributed by atoms with Gasteiger partial charge in [0.2, 0.25) is 5.91 Å². The molecule has 1 aliphatic rings. The third-order valence-corrected chi connectivity index (χ3v) is 6.13. The van der Waals surface area contributed by atoms with Crippen molar-refractivity contribution in [3.05, 3.63) is 60.2 Å². The average Bonchev–Trinajstić information content (AvgIpc) is 2.71. The van der Waals surface area contributed by atoms with Gasteiger partial charge in [0.05, 0.1) is 5.75 Å². The summed E-state index contributed by atoms with van der Waals surface area (Å²) in [5.74, 6) is 0.495. The molecule has 2 aromatic rings. The van der Waals surface area contributed by atoms with E-state index < -0.39 is 21.0 Å². The number of hydrogen-bond donors (Lipinski definition) is 2. The van der Waals surface area contributed by atoms with Crippen molar-refractivity contribution in [1.29, 1.82) is 0 Å². The number of ether oxygens (including phenoxy) is 1. The van der Waals surface area contributed by atoms with Gasteiger partial charge in [-0.15, -0.1) is 0 Å². The van der Waals surface area contributed by atoms with Crippen molar-refractivity contribution in [2.45, 2.75) is 17.7 Å². The summed E-state index contributed by atoms with van der Waals surface area (Å²) in [5, 5.41) is 1.47. The topological polar surface area (TPSA) is 98.5 Å². The molecule has 0 saturated carbocycles. The van der Waals surface area contributed by atoms with Gasteiger partial charge in [0.15, 0.2) is 15.1 Å². The van der Waals surface area contributed by atoms with Crippen molar-refractivity contribution in [3.8, 4) is 11.5 Å². The Morgan fingerprint density at radius 2 is 1.80 bits per heavy atom. The van der Waals surface area contributed by atoms with Crippen molar-refractivity contribution in [2.75, 3.05) is 12.3 Å². The summed E-state index contributed by atoms with van der Waals surface area (Å²) in [7, 11) is -3.62. The minimum absolute atomic E-state index is 0.0813. The SMILES string of the molecule is NC[C@@H]1CCS(=O)(=O)[C@H](c2cccc(Oc3ccccc3)c2)C(=O)N1. The van der Waals surface area contributed by atoms with Gasteiger partial charge < -0.3 is 15.8 Å². The van der Waals surface area contributed by atoms with E-state index in [1.54, 1.807) is 36.4 Å². The second-order valence-electron chi connectivity index (χ2n) is 5.96. The first-order chi connectivity index (χ1) is 12.0. The number of benzene rings is 2. The summed E-state index contributed by atoms with van der Waals surface area (Å²) in [6.45, 7) is 0.213. The van der Waals surface area contributed by atoms with Crippen molar-refractivity contribution in [3.63, 3.8) is 0 Å². The first kappa shape index (κ1) is 17.4. The Hall–Kier alpha value is -2.38. The van der Waals surface area contributed by atoms with Crippen molar-refractivity contribution in [1.82, 2.24) is 5.32 Å². The predicted molar refractivity (Wildman–Crippen MR) is 95.1 cm³/mol. The largest absolute Gasteiger partial charge is 0.457 e. The highest BCUT2D eigenvalue weighted by atomic mass is 32.2. The number of nitrogens with one attached hydrogen (secondary N) is 1. The number of carbonyl (C=O) groups is 1. The molecule has 0 bridgehead atoms. The number of nitrogens with two attached hydrogens (primary N) is 1. The first-order valence-corrected chi connectivity index (χ1v) is 9.76. The van der Waals surface area contributed by atoms with E-state index in [-0.39, 0.29) is 18.3 Å². The van der Waals surface area contributed by atoms with Crippen molar-refractivity contribution >= 4 is 15.7 Å². The zero-order valence-corrected chi connectivity index (χ0v) is 14.4. The molecule has 2 aromatic carbocycles. The van der Waals surface area contributed by atoms with Crippen LogP contribution in [0.15, 0.2) is 54.6 Å². The van der Waals surface area contributed by atoms with Gasteiger partial charge in [-0.25, -0.2) is 8.42 Å². The summed E-state index contributed by atoms with van der Waals surface area (Å²) in [6, 6.07) is 15.5. The van der Waals surface area contributed by atoms with Crippen LogP contribution in [0.25, 0.3) is 0 Å². The quantitative estimate of drug-likeness (QED) is 0.866.